The van der Waals surface area contributed by atoms with Gasteiger partial charge in [0.2, 0.25) is 5.91 Å². The lowest BCUT2D eigenvalue weighted by Crippen LogP contribution is -2.55. The molecule has 1 saturated carbocycles. The minimum Gasteiger partial charge on any atom is -0.393 e. The van der Waals surface area contributed by atoms with Gasteiger partial charge < -0.3 is 10.0 Å². The summed E-state index contributed by atoms with van der Waals surface area (Å²) in [5.74, 6) is 0.510. The van der Waals surface area contributed by atoms with Crippen molar-refractivity contribution < 1.29 is 9.90 Å². The highest BCUT2D eigenvalue weighted by Gasteiger charge is 2.40. The summed E-state index contributed by atoms with van der Waals surface area (Å²) in [4.78, 5) is 13.1. The smallest absolute Gasteiger partial charge is 0.219 e. The SMILES string of the molecule is CC(=O)N1CC2CCC1CC2O. The highest BCUT2D eigenvalue weighted by Crippen LogP contribution is 2.34. The van der Waals surface area contributed by atoms with Gasteiger partial charge in [0.25, 0.3) is 0 Å². The molecule has 0 radical (unpaired) electrons. The van der Waals surface area contributed by atoms with Crippen LogP contribution in [0.25, 0.3) is 0 Å². The van der Waals surface area contributed by atoms with Crippen molar-refractivity contribution in [1.29, 1.82) is 0 Å². The Kier molecular flexibility index (Phi) is 1.83. The van der Waals surface area contributed by atoms with E-state index in [0.29, 0.717) is 12.0 Å². The minimum atomic E-state index is -0.153. The molecule has 2 saturated heterocycles. The van der Waals surface area contributed by atoms with Gasteiger partial charge in [-0.3, -0.25) is 4.79 Å². The molecule has 3 heteroatoms. The van der Waals surface area contributed by atoms with Crippen molar-refractivity contribution in [1.82, 2.24) is 4.90 Å². The van der Waals surface area contributed by atoms with E-state index in [9.17, 15) is 9.90 Å². The summed E-state index contributed by atoms with van der Waals surface area (Å²) in [5, 5.41) is 9.56. The van der Waals surface area contributed by atoms with Crippen LogP contribution in [-0.4, -0.2) is 34.6 Å². The lowest BCUT2D eigenvalue weighted by Gasteiger charge is -2.47. The Balaban J connectivity index is 2.10. The number of amides is 1. The van der Waals surface area contributed by atoms with Crippen LogP contribution in [0, 0.1) is 5.92 Å². The molecule has 0 aromatic carbocycles. The van der Waals surface area contributed by atoms with Crippen LogP contribution in [0.3, 0.4) is 0 Å². The van der Waals surface area contributed by atoms with E-state index < -0.39 is 0 Å². The number of aliphatic hydroxyl groups is 1. The first-order chi connectivity index (χ1) is 5.68. The molecule has 3 unspecified atom stereocenters. The van der Waals surface area contributed by atoms with Gasteiger partial charge in [-0.05, 0) is 19.3 Å². The molecule has 3 atom stereocenters. The van der Waals surface area contributed by atoms with E-state index in [2.05, 4.69) is 0 Å². The van der Waals surface area contributed by atoms with E-state index >= 15 is 0 Å². The molecule has 1 aliphatic carbocycles. The predicted octanol–water partition coefficient (Wildman–Crippen LogP) is 0.378. The molecule has 1 amide bonds. The van der Waals surface area contributed by atoms with Crippen LogP contribution >= 0.6 is 0 Å². The molecule has 3 nitrogen and oxygen atoms in total. The Morgan fingerprint density at radius 2 is 2.25 bits per heavy atom. The van der Waals surface area contributed by atoms with Gasteiger partial charge in [-0.2, -0.15) is 0 Å². The second-order valence-corrected chi connectivity index (χ2v) is 3.97. The number of piperidine rings is 2. The first-order valence-electron chi connectivity index (χ1n) is 4.63. The molecule has 2 heterocycles. The van der Waals surface area contributed by atoms with E-state index in [0.717, 1.165) is 25.8 Å². The fourth-order valence-corrected chi connectivity index (χ4v) is 2.47. The van der Waals surface area contributed by atoms with Gasteiger partial charge in [0.15, 0.2) is 0 Å². The number of fused-ring (bicyclic) bond motifs is 3. The number of hydrogen-bond acceptors (Lipinski definition) is 2. The van der Waals surface area contributed by atoms with E-state index in [1.165, 1.54) is 0 Å². The molecule has 3 aliphatic rings. The van der Waals surface area contributed by atoms with Crippen LogP contribution in [0.2, 0.25) is 0 Å². The molecule has 0 spiro atoms. The van der Waals surface area contributed by atoms with E-state index in [4.69, 9.17) is 0 Å². The maximum atomic E-state index is 11.1. The summed E-state index contributed by atoms with van der Waals surface area (Å²) >= 11 is 0. The molecule has 12 heavy (non-hydrogen) atoms. The molecular weight excluding hydrogens is 154 g/mol. The van der Waals surface area contributed by atoms with Crippen LogP contribution in [0.4, 0.5) is 0 Å². The summed E-state index contributed by atoms with van der Waals surface area (Å²) in [6.45, 7) is 2.40. The molecule has 2 bridgehead atoms. The fraction of sp³-hybridized carbons (Fsp3) is 0.889. The standard InChI is InChI=1S/C9H15NO2/c1-6(11)10-5-7-2-3-8(10)4-9(7)12/h7-9,12H,2-5H2,1H3. The van der Waals surface area contributed by atoms with Gasteiger partial charge in [-0.15, -0.1) is 0 Å². The summed E-state index contributed by atoms with van der Waals surface area (Å²) in [7, 11) is 0. The Bertz CT molecular complexity index is 205. The lowest BCUT2D eigenvalue weighted by atomic mass is 9.78. The number of carbonyl (C=O) groups excluding carboxylic acids is 1. The summed E-state index contributed by atoms with van der Waals surface area (Å²) in [5.41, 5.74) is 0. The second kappa shape index (κ2) is 2.73. The topological polar surface area (TPSA) is 40.5 Å². The van der Waals surface area contributed by atoms with Gasteiger partial charge in [0.1, 0.15) is 0 Å². The van der Waals surface area contributed by atoms with Crippen molar-refractivity contribution in [3.8, 4) is 0 Å². The molecule has 0 aromatic heterocycles. The maximum absolute atomic E-state index is 11.1. The molecule has 2 aliphatic heterocycles. The van der Waals surface area contributed by atoms with Crippen LogP contribution in [0.1, 0.15) is 26.2 Å². The number of rotatable bonds is 0. The monoisotopic (exact) mass is 169 g/mol. The first kappa shape index (κ1) is 8.05. The Labute approximate surface area is 72.4 Å². The molecule has 1 N–H and O–H groups in total. The number of carbonyl (C=O) groups is 1. The quantitative estimate of drug-likeness (QED) is 0.569. The second-order valence-electron chi connectivity index (χ2n) is 3.97. The number of nitrogens with zero attached hydrogens (tertiary/aromatic N) is 1. The Hall–Kier alpha value is -0.570. The van der Waals surface area contributed by atoms with Crippen LogP contribution in [0.15, 0.2) is 0 Å². The number of aliphatic hydroxyl groups excluding tert-OH is 1. The van der Waals surface area contributed by atoms with E-state index in [-0.39, 0.29) is 12.0 Å². The third kappa shape index (κ3) is 1.12. The highest BCUT2D eigenvalue weighted by molar-refractivity contribution is 5.73. The van der Waals surface area contributed by atoms with Gasteiger partial charge in [0.05, 0.1) is 6.10 Å². The summed E-state index contributed by atoms with van der Waals surface area (Å²) in [6.07, 6.45) is 2.82. The van der Waals surface area contributed by atoms with Gasteiger partial charge >= 0.3 is 0 Å². The lowest BCUT2D eigenvalue weighted by molar-refractivity contribution is -0.141. The van der Waals surface area contributed by atoms with Crippen LogP contribution in [0.5, 0.6) is 0 Å². The maximum Gasteiger partial charge on any atom is 0.219 e. The Morgan fingerprint density at radius 3 is 2.67 bits per heavy atom. The summed E-state index contributed by atoms with van der Waals surface area (Å²) in [6, 6.07) is 0.322. The van der Waals surface area contributed by atoms with Gasteiger partial charge in [-0.1, -0.05) is 0 Å². The average Bonchev–Trinajstić information content (AvgIpc) is 2.04. The third-order valence-electron chi connectivity index (χ3n) is 3.20. The summed E-state index contributed by atoms with van der Waals surface area (Å²) < 4.78 is 0. The molecule has 3 rings (SSSR count). The average molecular weight is 169 g/mol. The largest absolute Gasteiger partial charge is 0.393 e. The molecule has 0 aromatic rings. The van der Waals surface area contributed by atoms with Crippen molar-refractivity contribution >= 4 is 5.91 Å². The Morgan fingerprint density at radius 1 is 1.50 bits per heavy atom. The van der Waals surface area contributed by atoms with E-state index in [1.807, 2.05) is 4.90 Å². The first-order valence-corrected chi connectivity index (χ1v) is 4.63. The molecule has 3 fully saturated rings. The highest BCUT2D eigenvalue weighted by atomic mass is 16.3. The van der Waals surface area contributed by atoms with Crippen LogP contribution < -0.4 is 0 Å². The predicted molar refractivity (Wildman–Crippen MR) is 44.5 cm³/mol. The van der Waals surface area contributed by atoms with Crippen molar-refractivity contribution in [2.75, 3.05) is 6.54 Å². The molecular formula is C9H15NO2. The normalized spacial score (nSPS) is 40.2. The number of hydrogen-bond donors (Lipinski definition) is 1. The minimum absolute atomic E-state index is 0.153. The van der Waals surface area contributed by atoms with Crippen molar-refractivity contribution in [3.05, 3.63) is 0 Å². The zero-order chi connectivity index (χ0) is 8.72. The fourth-order valence-electron chi connectivity index (χ4n) is 2.47. The van der Waals surface area contributed by atoms with Gasteiger partial charge in [-0.25, -0.2) is 0 Å². The van der Waals surface area contributed by atoms with Crippen molar-refractivity contribution in [2.45, 2.75) is 38.3 Å². The van der Waals surface area contributed by atoms with Crippen LogP contribution in [-0.2, 0) is 4.79 Å². The van der Waals surface area contributed by atoms with Crippen molar-refractivity contribution in [3.63, 3.8) is 0 Å². The van der Waals surface area contributed by atoms with E-state index in [1.54, 1.807) is 6.92 Å². The zero-order valence-corrected chi connectivity index (χ0v) is 7.36. The molecule has 68 valence electrons. The van der Waals surface area contributed by atoms with Crippen molar-refractivity contribution in [2.24, 2.45) is 5.92 Å². The zero-order valence-electron chi connectivity index (χ0n) is 7.36. The third-order valence-corrected chi connectivity index (χ3v) is 3.20. The van der Waals surface area contributed by atoms with Gasteiger partial charge in [0, 0.05) is 25.4 Å².